The Morgan fingerprint density at radius 1 is 1.64 bits per heavy atom. The second-order valence-corrected chi connectivity index (χ2v) is 3.47. The number of ether oxygens (including phenoxy) is 1. The van der Waals surface area contributed by atoms with Crippen molar-refractivity contribution in [3.05, 3.63) is 0 Å². The Bertz CT molecular complexity index is 187. The topological polar surface area (TPSA) is 70.6 Å². The minimum absolute atomic E-state index is 0.218. The summed E-state index contributed by atoms with van der Waals surface area (Å²) in [6.07, 6.45) is 0.930. The first kappa shape index (κ1) is 11.3. The van der Waals surface area contributed by atoms with Crippen LogP contribution in [-0.2, 0) is 4.74 Å². The molecule has 0 aliphatic carbocycles. The molecule has 14 heavy (non-hydrogen) atoms. The second kappa shape index (κ2) is 5.82. The summed E-state index contributed by atoms with van der Waals surface area (Å²) in [4.78, 5) is 11.1. The molecule has 2 unspecified atom stereocenters. The summed E-state index contributed by atoms with van der Waals surface area (Å²) in [6, 6.07) is -0.218. The Hall–Kier alpha value is -0.810. The van der Waals surface area contributed by atoms with Crippen molar-refractivity contribution in [2.45, 2.75) is 31.9 Å². The summed E-state index contributed by atoms with van der Waals surface area (Å²) in [7, 11) is 0. The van der Waals surface area contributed by atoms with Gasteiger partial charge in [0.25, 0.3) is 0 Å². The van der Waals surface area contributed by atoms with E-state index in [4.69, 9.17) is 4.74 Å². The molecule has 3 N–H and O–H groups in total. The number of rotatable bonds is 4. The van der Waals surface area contributed by atoms with E-state index in [2.05, 4.69) is 10.6 Å². The van der Waals surface area contributed by atoms with Crippen LogP contribution in [0.25, 0.3) is 0 Å². The lowest BCUT2D eigenvalue weighted by Gasteiger charge is -2.14. The van der Waals surface area contributed by atoms with Gasteiger partial charge in [0.2, 0.25) is 0 Å². The zero-order valence-electron chi connectivity index (χ0n) is 8.45. The molecule has 0 radical (unpaired) electrons. The van der Waals surface area contributed by atoms with Crippen LogP contribution in [0, 0.1) is 0 Å². The molecule has 0 bridgehead atoms. The molecule has 1 rings (SSSR count). The Morgan fingerprint density at radius 3 is 3.00 bits per heavy atom. The van der Waals surface area contributed by atoms with Gasteiger partial charge in [-0.05, 0) is 6.42 Å². The zero-order chi connectivity index (χ0) is 10.4. The first-order valence-electron chi connectivity index (χ1n) is 5.06. The highest BCUT2D eigenvalue weighted by Crippen LogP contribution is 1.99. The van der Waals surface area contributed by atoms with Crippen LogP contribution in [0.2, 0.25) is 0 Å². The number of β-amino-alcohol motifs (C(OH)–C–C–N with tert-alkyl or cyclic N) is 1. The monoisotopic (exact) mass is 202 g/mol. The van der Waals surface area contributed by atoms with E-state index in [1.807, 2.05) is 6.92 Å². The molecule has 0 aromatic carbocycles. The van der Waals surface area contributed by atoms with Gasteiger partial charge in [0.1, 0.15) is 0 Å². The van der Waals surface area contributed by atoms with Gasteiger partial charge in [-0.25, -0.2) is 4.79 Å². The Kier molecular flexibility index (Phi) is 4.69. The van der Waals surface area contributed by atoms with Gasteiger partial charge in [0.05, 0.1) is 18.8 Å². The molecule has 1 amide bonds. The lowest BCUT2D eigenvalue weighted by atomic mass is 10.2. The fourth-order valence-corrected chi connectivity index (χ4v) is 1.31. The van der Waals surface area contributed by atoms with Crippen LogP contribution in [0.5, 0.6) is 0 Å². The van der Waals surface area contributed by atoms with Crippen LogP contribution in [0.1, 0.15) is 19.8 Å². The number of hydrogen-bond donors (Lipinski definition) is 3. The summed E-state index contributed by atoms with van der Waals surface area (Å²) in [5.74, 6) is 0. The van der Waals surface area contributed by atoms with Crippen LogP contribution in [0.15, 0.2) is 0 Å². The summed E-state index contributed by atoms with van der Waals surface area (Å²) < 4.78 is 4.90. The SMILES string of the molecule is CCCCOC(=O)NC1CNCC1O. The number of unbranched alkanes of at least 4 members (excludes halogenated alkanes) is 1. The Balaban J connectivity index is 2.13. The van der Waals surface area contributed by atoms with E-state index in [9.17, 15) is 9.90 Å². The molecule has 82 valence electrons. The number of hydrogen-bond acceptors (Lipinski definition) is 4. The van der Waals surface area contributed by atoms with Crippen molar-refractivity contribution >= 4 is 6.09 Å². The maximum absolute atomic E-state index is 11.1. The molecule has 0 aromatic rings. The third-order valence-electron chi connectivity index (χ3n) is 2.22. The molecule has 0 aromatic heterocycles. The lowest BCUT2D eigenvalue weighted by molar-refractivity contribution is 0.122. The number of amides is 1. The van der Waals surface area contributed by atoms with Gasteiger partial charge in [-0.3, -0.25) is 0 Å². The number of carbonyl (C=O) groups excluding carboxylic acids is 1. The molecule has 1 aliphatic heterocycles. The van der Waals surface area contributed by atoms with Gasteiger partial charge in [-0.1, -0.05) is 13.3 Å². The summed E-state index contributed by atoms with van der Waals surface area (Å²) >= 11 is 0. The molecule has 5 nitrogen and oxygen atoms in total. The van der Waals surface area contributed by atoms with E-state index in [0.717, 1.165) is 12.8 Å². The first-order valence-corrected chi connectivity index (χ1v) is 5.06. The van der Waals surface area contributed by atoms with Gasteiger partial charge < -0.3 is 20.5 Å². The Labute approximate surface area is 83.8 Å². The molecule has 2 atom stereocenters. The molecule has 1 saturated heterocycles. The van der Waals surface area contributed by atoms with Crippen LogP contribution in [-0.4, -0.2) is 43.0 Å². The molecular weight excluding hydrogens is 184 g/mol. The lowest BCUT2D eigenvalue weighted by Crippen LogP contribution is -2.43. The largest absolute Gasteiger partial charge is 0.450 e. The van der Waals surface area contributed by atoms with Crippen molar-refractivity contribution in [1.29, 1.82) is 0 Å². The van der Waals surface area contributed by atoms with Crippen LogP contribution in [0.3, 0.4) is 0 Å². The fourth-order valence-electron chi connectivity index (χ4n) is 1.31. The number of aliphatic hydroxyl groups is 1. The second-order valence-electron chi connectivity index (χ2n) is 3.47. The number of alkyl carbamates (subject to hydrolysis) is 1. The van der Waals surface area contributed by atoms with Crippen molar-refractivity contribution < 1.29 is 14.6 Å². The van der Waals surface area contributed by atoms with Crippen molar-refractivity contribution in [1.82, 2.24) is 10.6 Å². The molecule has 5 heteroatoms. The molecule has 1 heterocycles. The van der Waals surface area contributed by atoms with E-state index in [-0.39, 0.29) is 6.04 Å². The fraction of sp³-hybridized carbons (Fsp3) is 0.889. The van der Waals surface area contributed by atoms with E-state index in [0.29, 0.717) is 19.7 Å². The number of carbonyl (C=O) groups is 1. The minimum atomic E-state index is -0.506. The van der Waals surface area contributed by atoms with E-state index in [1.54, 1.807) is 0 Å². The van der Waals surface area contributed by atoms with E-state index >= 15 is 0 Å². The van der Waals surface area contributed by atoms with Crippen LogP contribution >= 0.6 is 0 Å². The van der Waals surface area contributed by atoms with Crippen LogP contribution < -0.4 is 10.6 Å². The molecule has 1 aliphatic rings. The van der Waals surface area contributed by atoms with Crippen molar-refractivity contribution in [2.24, 2.45) is 0 Å². The van der Waals surface area contributed by atoms with Crippen LogP contribution in [0.4, 0.5) is 4.79 Å². The molecule has 0 saturated carbocycles. The van der Waals surface area contributed by atoms with Gasteiger partial charge in [0.15, 0.2) is 0 Å². The van der Waals surface area contributed by atoms with Crippen molar-refractivity contribution in [2.75, 3.05) is 19.7 Å². The normalized spacial score (nSPS) is 26.1. The third kappa shape index (κ3) is 3.51. The average molecular weight is 202 g/mol. The Morgan fingerprint density at radius 2 is 2.43 bits per heavy atom. The quantitative estimate of drug-likeness (QED) is 0.554. The minimum Gasteiger partial charge on any atom is -0.450 e. The average Bonchev–Trinajstić information content (AvgIpc) is 2.52. The van der Waals surface area contributed by atoms with E-state index < -0.39 is 12.2 Å². The third-order valence-corrected chi connectivity index (χ3v) is 2.22. The predicted molar refractivity (Wildman–Crippen MR) is 52.1 cm³/mol. The number of aliphatic hydroxyl groups excluding tert-OH is 1. The van der Waals surface area contributed by atoms with Crippen molar-refractivity contribution in [3.63, 3.8) is 0 Å². The molecular formula is C9H18N2O3. The predicted octanol–water partition coefficient (Wildman–Crippen LogP) is -0.155. The summed E-state index contributed by atoms with van der Waals surface area (Å²) in [5.41, 5.74) is 0. The standard InChI is InChI=1S/C9H18N2O3/c1-2-3-4-14-9(13)11-7-5-10-6-8(7)12/h7-8,10,12H,2-6H2,1H3,(H,11,13). The highest BCUT2D eigenvalue weighted by molar-refractivity contribution is 5.67. The summed E-state index contributed by atoms with van der Waals surface area (Å²) in [6.45, 7) is 3.61. The van der Waals surface area contributed by atoms with Gasteiger partial charge in [-0.2, -0.15) is 0 Å². The van der Waals surface area contributed by atoms with Gasteiger partial charge >= 0.3 is 6.09 Å². The zero-order valence-corrected chi connectivity index (χ0v) is 8.45. The smallest absolute Gasteiger partial charge is 0.407 e. The maximum atomic E-state index is 11.1. The van der Waals surface area contributed by atoms with E-state index in [1.165, 1.54) is 0 Å². The van der Waals surface area contributed by atoms with Gasteiger partial charge in [-0.15, -0.1) is 0 Å². The maximum Gasteiger partial charge on any atom is 0.407 e. The summed E-state index contributed by atoms with van der Waals surface area (Å²) in [5, 5.41) is 15.0. The molecule has 1 fully saturated rings. The highest BCUT2D eigenvalue weighted by Gasteiger charge is 2.26. The number of nitrogens with one attached hydrogen (secondary N) is 2. The first-order chi connectivity index (χ1) is 6.74. The molecule has 0 spiro atoms. The van der Waals surface area contributed by atoms with Crippen molar-refractivity contribution in [3.8, 4) is 0 Å². The highest BCUT2D eigenvalue weighted by atomic mass is 16.5. The van der Waals surface area contributed by atoms with Gasteiger partial charge in [0, 0.05) is 13.1 Å².